The fourth-order valence-corrected chi connectivity index (χ4v) is 15.0. The molecule has 11 N–H and O–H groups in total. The summed E-state index contributed by atoms with van der Waals surface area (Å²) in [5.74, 6) is -0.770. The van der Waals surface area contributed by atoms with E-state index in [1.807, 2.05) is 20.8 Å². The smallest absolute Gasteiger partial charge is 0.302 e. The minimum atomic E-state index is -1.73. The van der Waals surface area contributed by atoms with Gasteiger partial charge in [0, 0.05) is 6.92 Å². The second kappa shape index (κ2) is 20.7. The van der Waals surface area contributed by atoms with Crippen molar-refractivity contribution in [1.82, 2.24) is 0 Å². The van der Waals surface area contributed by atoms with Crippen molar-refractivity contribution in [2.75, 3.05) is 19.8 Å². The molecule has 0 spiro atoms. The molecular formula is C50H84O19. The first-order chi connectivity index (χ1) is 32.2. The summed E-state index contributed by atoms with van der Waals surface area (Å²) in [7, 11) is 0. The van der Waals surface area contributed by atoms with Gasteiger partial charge < -0.3 is 89.3 Å². The van der Waals surface area contributed by atoms with Crippen LogP contribution in [0.15, 0.2) is 11.6 Å². The SMILES string of the molecule is CC(=O)OC[C@H]1O[C@@H](O[C@H]2CC[C@]3(C)[C@H]4C[C@@H](O)[C@@H]5[C@@H]([C@](C)(CCC=C(C)C)O[C@@H]6O[C@H](CO[C@@H]7O[C@H](CO)[C@@H](O)[C@H](O)[C@H]7O)[C@@H](O)[C@H](O)[C@H]6O)CC[C@@]5(C)[C@]4(C)CC[C@H]3C2(C)C)[C@H](O)[C@@H](O)[C@@H]1O. The zero-order chi connectivity index (χ0) is 50.9. The average molecular weight is 989 g/mol. The Morgan fingerprint density at radius 1 is 0.652 bits per heavy atom. The van der Waals surface area contributed by atoms with Crippen LogP contribution in [0.2, 0.25) is 0 Å². The molecule has 7 rings (SSSR count). The molecule has 3 heterocycles. The van der Waals surface area contributed by atoms with E-state index >= 15 is 0 Å². The highest BCUT2D eigenvalue weighted by Gasteiger charge is 2.72. The van der Waals surface area contributed by atoms with Crippen LogP contribution in [0, 0.1) is 45.3 Å². The highest BCUT2D eigenvalue weighted by Crippen LogP contribution is 2.76. The molecule has 3 saturated heterocycles. The standard InChI is InChI=1S/C50H84O19/c1-23(2)11-10-15-50(9,69-45-42(62)39(59)36(56)29(67-45)22-64-43-40(60)37(57)34(54)27(20-51)65-43)25-12-17-49(8)33(25)26(53)19-31-47(6)16-14-32(46(4,5)30(47)13-18-48(31,49)7)68-44-41(61)38(58)35(55)28(66-44)21-63-24(3)52/h11,25-45,51,53-62H,10,12-22H2,1-9H3/t25-,26+,27+,28+,29+,30-,31+,32-,33-,34+,35+,36+,37-,38-,39-,40+,41+,42+,43+,44-,45-,47-,48+,49+,50-/m0/s1. The van der Waals surface area contributed by atoms with Crippen molar-refractivity contribution in [3.63, 3.8) is 0 Å². The van der Waals surface area contributed by atoms with E-state index in [0.717, 1.165) is 31.3 Å². The van der Waals surface area contributed by atoms with Gasteiger partial charge in [-0.1, -0.05) is 46.3 Å². The van der Waals surface area contributed by atoms with Crippen molar-refractivity contribution in [2.24, 2.45) is 45.3 Å². The van der Waals surface area contributed by atoms with Crippen molar-refractivity contribution in [3.8, 4) is 0 Å². The number of carbonyl (C=O) groups is 1. The first-order valence-corrected chi connectivity index (χ1v) is 25.3. The third-order valence-corrected chi connectivity index (χ3v) is 19.0. The summed E-state index contributed by atoms with van der Waals surface area (Å²) in [6, 6.07) is 0. The van der Waals surface area contributed by atoms with Crippen LogP contribution in [0.4, 0.5) is 0 Å². The third kappa shape index (κ3) is 9.87. The van der Waals surface area contributed by atoms with Gasteiger partial charge in [-0.15, -0.1) is 0 Å². The van der Waals surface area contributed by atoms with Gasteiger partial charge in [-0.05, 0) is 124 Å². The summed E-state index contributed by atoms with van der Waals surface area (Å²) in [4.78, 5) is 11.6. The highest BCUT2D eigenvalue weighted by molar-refractivity contribution is 5.65. The Morgan fingerprint density at radius 3 is 1.81 bits per heavy atom. The van der Waals surface area contributed by atoms with E-state index in [-0.39, 0.29) is 46.5 Å². The number of carbonyl (C=O) groups excluding carboxylic acids is 1. The van der Waals surface area contributed by atoms with Crippen molar-refractivity contribution in [2.45, 2.75) is 230 Å². The van der Waals surface area contributed by atoms with E-state index in [2.05, 4.69) is 40.7 Å². The molecular weight excluding hydrogens is 905 g/mol. The minimum Gasteiger partial charge on any atom is -0.463 e. The number of hydrogen-bond acceptors (Lipinski definition) is 19. The fourth-order valence-electron chi connectivity index (χ4n) is 15.0. The molecule has 69 heavy (non-hydrogen) atoms. The Morgan fingerprint density at radius 2 is 1.20 bits per heavy atom. The largest absolute Gasteiger partial charge is 0.463 e. The van der Waals surface area contributed by atoms with Gasteiger partial charge in [-0.3, -0.25) is 4.79 Å². The Hall–Kier alpha value is -1.47. The van der Waals surface area contributed by atoms with Crippen molar-refractivity contribution < 1.29 is 94.1 Å². The Bertz CT molecular complexity index is 1800. The average Bonchev–Trinajstić information content (AvgIpc) is 3.67. The maximum absolute atomic E-state index is 12.7. The van der Waals surface area contributed by atoms with E-state index in [9.17, 15) is 61.0 Å². The molecule has 0 bridgehead atoms. The lowest BCUT2D eigenvalue weighted by Crippen LogP contribution is -2.67. The van der Waals surface area contributed by atoms with Crippen LogP contribution in [0.1, 0.15) is 120 Å². The number of aliphatic hydroxyl groups excluding tert-OH is 11. The number of hydrogen-bond donors (Lipinski definition) is 11. The monoisotopic (exact) mass is 989 g/mol. The van der Waals surface area contributed by atoms with E-state index in [0.29, 0.717) is 32.1 Å². The molecule has 0 aromatic carbocycles. The molecule has 4 aliphatic carbocycles. The maximum Gasteiger partial charge on any atom is 0.302 e. The fraction of sp³-hybridized carbons (Fsp3) is 0.940. The van der Waals surface area contributed by atoms with Crippen LogP contribution >= 0.6 is 0 Å². The molecule has 7 fully saturated rings. The van der Waals surface area contributed by atoms with Gasteiger partial charge in [0.2, 0.25) is 0 Å². The second-order valence-electron chi connectivity index (χ2n) is 23.6. The van der Waals surface area contributed by atoms with Crippen molar-refractivity contribution >= 4 is 5.97 Å². The molecule has 0 radical (unpaired) electrons. The number of allylic oxidation sites excluding steroid dienone is 2. The summed E-state index contributed by atoms with van der Waals surface area (Å²) in [6.45, 7) is 17.2. The van der Waals surface area contributed by atoms with Crippen LogP contribution in [0.3, 0.4) is 0 Å². The van der Waals surface area contributed by atoms with E-state index in [4.69, 9.17) is 33.2 Å². The van der Waals surface area contributed by atoms with Crippen LogP contribution in [0.5, 0.6) is 0 Å². The van der Waals surface area contributed by atoms with Gasteiger partial charge in [0.15, 0.2) is 18.9 Å². The lowest BCUT2D eigenvalue weighted by molar-refractivity contribution is -0.350. The predicted octanol–water partition coefficient (Wildman–Crippen LogP) is 0.544. The Kier molecular flexibility index (Phi) is 16.6. The summed E-state index contributed by atoms with van der Waals surface area (Å²) in [6.07, 6.45) is -15.3. The van der Waals surface area contributed by atoms with Crippen molar-refractivity contribution in [1.29, 1.82) is 0 Å². The molecule has 19 heteroatoms. The minimum absolute atomic E-state index is 0.114. The zero-order valence-electron chi connectivity index (χ0n) is 41.9. The summed E-state index contributed by atoms with van der Waals surface area (Å²) < 4.78 is 42.0. The molecule has 0 unspecified atom stereocenters. The number of aliphatic hydroxyl groups is 11. The van der Waals surface area contributed by atoms with Crippen LogP contribution in [-0.2, 0) is 38.0 Å². The van der Waals surface area contributed by atoms with Gasteiger partial charge in [-0.25, -0.2) is 0 Å². The number of rotatable bonds is 14. The van der Waals surface area contributed by atoms with E-state index < -0.39 is 135 Å². The first-order valence-electron chi connectivity index (χ1n) is 25.3. The summed E-state index contributed by atoms with van der Waals surface area (Å²) in [5.41, 5.74) is -1.17. The van der Waals surface area contributed by atoms with Crippen LogP contribution in [-0.4, -0.2) is 192 Å². The van der Waals surface area contributed by atoms with Gasteiger partial charge in [0.05, 0.1) is 31.0 Å². The highest BCUT2D eigenvalue weighted by atomic mass is 16.7. The summed E-state index contributed by atoms with van der Waals surface area (Å²) >= 11 is 0. The number of esters is 1. The normalized spacial score (nSPS) is 50.5. The Labute approximate surface area is 406 Å². The molecule has 7 aliphatic rings. The topological polar surface area (TPSA) is 304 Å². The molecule has 25 atom stereocenters. The van der Waals surface area contributed by atoms with Crippen LogP contribution < -0.4 is 0 Å². The quantitative estimate of drug-likeness (QED) is 0.0643. The van der Waals surface area contributed by atoms with E-state index in [1.165, 1.54) is 6.92 Å². The summed E-state index contributed by atoms with van der Waals surface area (Å²) in [5, 5.41) is 120. The second-order valence-corrected chi connectivity index (χ2v) is 23.6. The van der Waals surface area contributed by atoms with Gasteiger partial charge in [-0.2, -0.15) is 0 Å². The molecule has 398 valence electrons. The lowest BCUT2D eigenvalue weighted by atomic mass is 9.35. The molecule has 3 aliphatic heterocycles. The molecule has 19 nitrogen and oxygen atoms in total. The molecule has 0 amide bonds. The maximum atomic E-state index is 12.7. The zero-order valence-corrected chi connectivity index (χ0v) is 41.9. The third-order valence-electron chi connectivity index (χ3n) is 19.0. The molecule has 4 saturated carbocycles. The van der Waals surface area contributed by atoms with Crippen LogP contribution in [0.25, 0.3) is 0 Å². The predicted molar refractivity (Wildman–Crippen MR) is 243 cm³/mol. The number of fused-ring (bicyclic) bond motifs is 5. The van der Waals surface area contributed by atoms with Crippen molar-refractivity contribution in [3.05, 3.63) is 11.6 Å². The lowest BCUT2D eigenvalue weighted by Gasteiger charge is -2.71. The number of ether oxygens (including phenoxy) is 7. The van der Waals surface area contributed by atoms with Gasteiger partial charge >= 0.3 is 5.97 Å². The molecule has 0 aromatic heterocycles. The van der Waals surface area contributed by atoms with Gasteiger partial charge in [0.1, 0.15) is 79.9 Å². The first kappa shape index (κ1) is 55.3. The van der Waals surface area contributed by atoms with E-state index in [1.54, 1.807) is 0 Å². The Balaban J connectivity index is 1.10. The van der Waals surface area contributed by atoms with Gasteiger partial charge in [0.25, 0.3) is 0 Å². The molecule has 0 aromatic rings.